The number of aliphatic imine (C=N–C) groups is 1. The van der Waals surface area contributed by atoms with Gasteiger partial charge in [0.15, 0.2) is 17.5 Å². The third kappa shape index (κ3) is 11.3. The summed E-state index contributed by atoms with van der Waals surface area (Å²) in [5, 5.41) is 14.2. The minimum atomic E-state index is -1.09. The molecular formula is C24H37N5O9. The molecule has 0 fully saturated rings. The van der Waals surface area contributed by atoms with Gasteiger partial charge in [-0.1, -0.05) is 13.3 Å². The van der Waals surface area contributed by atoms with E-state index >= 15 is 0 Å². The summed E-state index contributed by atoms with van der Waals surface area (Å²) in [6.45, 7) is 3.97. The zero-order valence-corrected chi connectivity index (χ0v) is 22.0. The number of guanidine groups is 1. The number of carbonyl (C=O) groups is 3. The number of nitro groups is 1. The molecule has 2 atom stereocenters. The zero-order valence-electron chi connectivity index (χ0n) is 22.0. The summed E-state index contributed by atoms with van der Waals surface area (Å²) in [6.07, 6.45) is 1.42. The van der Waals surface area contributed by atoms with Gasteiger partial charge in [-0.15, -0.1) is 0 Å². The smallest absolute Gasteiger partial charge is 0.408 e. The Morgan fingerprint density at radius 2 is 1.92 bits per heavy atom. The maximum Gasteiger partial charge on any atom is 0.408 e. The summed E-state index contributed by atoms with van der Waals surface area (Å²) in [7, 11) is 1.36. The molecule has 2 unspecified atom stereocenters. The van der Waals surface area contributed by atoms with E-state index < -0.39 is 29.1 Å². The first-order valence-corrected chi connectivity index (χ1v) is 12.3. The van der Waals surface area contributed by atoms with Gasteiger partial charge in [-0.05, 0) is 38.7 Å². The van der Waals surface area contributed by atoms with Crippen molar-refractivity contribution in [3.63, 3.8) is 0 Å². The van der Waals surface area contributed by atoms with Crippen LogP contribution in [0, 0.1) is 10.1 Å². The second-order valence-corrected chi connectivity index (χ2v) is 8.19. The highest BCUT2D eigenvalue weighted by Crippen LogP contribution is 2.38. The first-order chi connectivity index (χ1) is 18.1. The number of alkyl carbamates (subject to hydrolysis) is 1. The minimum Gasteiger partial charge on any atom is -0.493 e. The second kappa shape index (κ2) is 17.4. The largest absolute Gasteiger partial charge is 0.493 e. The molecule has 14 heteroatoms. The number of hydrogen-bond donors (Lipinski definition) is 3. The Hall–Kier alpha value is -4.10. The molecule has 0 radical (unpaired) electrons. The maximum atomic E-state index is 12.7. The quantitative estimate of drug-likeness (QED) is 0.0469. The molecule has 1 aromatic rings. The van der Waals surface area contributed by atoms with E-state index in [0.717, 1.165) is 12.7 Å². The number of aldehydes is 1. The minimum absolute atomic E-state index is 0.0528. The average Bonchev–Trinajstić information content (AvgIpc) is 2.87. The average molecular weight is 540 g/mol. The van der Waals surface area contributed by atoms with Gasteiger partial charge in [0.25, 0.3) is 5.69 Å². The SMILES string of the molecule is CCCCOC(=O)C(CCCN=C(N)N)NC(=O)OC(C)c1cc(OC)c(OCCCC=O)cc1[N+](=O)[O-]. The number of nitrogens with zero attached hydrogens (tertiary/aromatic N) is 2. The lowest BCUT2D eigenvalue weighted by atomic mass is 10.1. The van der Waals surface area contributed by atoms with Gasteiger partial charge in [0.1, 0.15) is 18.4 Å². The van der Waals surface area contributed by atoms with Crippen molar-refractivity contribution < 1.29 is 38.3 Å². The number of ether oxygens (including phenoxy) is 4. The van der Waals surface area contributed by atoms with Crippen LogP contribution in [-0.4, -0.2) is 62.1 Å². The lowest BCUT2D eigenvalue weighted by molar-refractivity contribution is -0.386. The molecule has 0 aliphatic rings. The number of nitrogens with one attached hydrogen (secondary N) is 1. The van der Waals surface area contributed by atoms with Gasteiger partial charge in [0.05, 0.1) is 36.9 Å². The number of carbonyl (C=O) groups excluding carboxylic acids is 3. The number of unbranched alkanes of at least 4 members (excludes halogenated alkanes) is 2. The molecule has 0 aliphatic heterocycles. The van der Waals surface area contributed by atoms with E-state index in [1.807, 2.05) is 6.92 Å². The molecule has 1 aromatic carbocycles. The third-order valence-electron chi connectivity index (χ3n) is 5.22. The number of nitro benzene ring substituents is 1. The fourth-order valence-corrected chi connectivity index (χ4v) is 3.24. The standard InChI is InChI=1S/C24H37N5O9/c1-4-5-12-37-22(31)18(9-8-10-27-23(25)26)28-24(32)38-16(2)17-14-20(35-3)21(15-19(17)29(33)34)36-13-7-6-11-30/h11,14-16,18H,4-10,12-13H2,1-3H3,(H,28,32)(H4,25,26,27). The van der Waals surface area contributed by atoms with Gasteiger partial charge >= 0.3 is 12.1 Å². The number of amides is 1. The van der Waals surface area contributed by atoms with E-state index in [0.29, 0.717) is 19.3 Å². The Morgan fingerprint density at radius 3 is 2.53 bits per heavy atom. The first kappa shape index (κ1) is 31.9. The summed E-state index contributed by atoms with van der Waals surface area (Å²) >= 11 is 0. The Balaban J connectivity index is 3.01. The van der Waals surface area contributed by atoms with Crippen LogP contribution < -0.4 is 26.3 Å². The lowest BCUT2D eigenvalue weighted by Gasteiger charge is -2.20. The third-order valence-corrected chi connectivity index (χ3v) is 5.22. The molecule has 0 saturated heterocycles. The molecule has 0 aliphatic carbocycles. The number of methoxy groups -OCH3 is 1. The van der Waals surface area contributed by atoms with Crippen LogP contribution in [0.3, 0.4) is 0 Å². The summed E-state index contributed by atoms with van der Waals surface area (Å²) in [5.41, 5.74) is 10.3. The summed E-state index contributed by atoms with van der Waals surface area (Å²) in [5.74, 6) is -0.440. The van der Waals surface area contributed by atoms with Crippen LogP contribution in [0.15, 0.2) is 17.1 Å². The zero-order chi connectivity index (χ0) is 28.5. The number of nitrogens with two attached hydrogens (primary N) is 2. The van der Waals surface area contributed by atoms with Crippen LogP contribution in [0.4, 0.5) is 10.5 Å². The van der Waals surface area contributed by atoms with Crippen LogP contribution in [0.25, 0.3) is 0 Å². The van der Waals surface area contributed by atoms with Gasteiger partial charge in [0.2, 0.25) is 0 Å². The molecule has 14 nitrogen and oxygen atoms in total. The van der Waals surface area contributed by atoms with Crippen molar-refractivity contribution in [2.24, 2.45) is 16.5 Å². The fraction of sp³-hybridized carbons (Fsp3) is 0.583. The molecule has 1 amide bonds. The number of rotatable bonds is 18. The van der Waals surface area contributed by atoms with E-state index in [2.05, 4.69) is 10.3 Å². The lowest BCUT2D eigenvalue weighted by Crippen LogP contribution is -2.42. The van der Waals surface area contributed by atoms with E-state index in [-0.39, 0.29) is 61.3 Å². The predicted octanol–water partition coefficient (Wildman–Crippen LogP) is 2.51. The van der Waals surface area contributed by atoms with Crippen molar-refractivity contribution in [2.75, 3.05) is 26.9 Å². The summed E-state index contributed by atoms with van der Waals surface area (Å²) in [6, 6.07) is 1.48. The fourth-order valence-electron chi connectivity index (χ4n) is 3.24. The molecule has 212 valence electrons. The van der Waals surface area contributed by atoms with Crippen LogP contribution in [0.2, 0.25) is 0 Å². The molecule has 1 rings (SSSR count). The van der Waals surface area contributed by atoms with E-state index in [1.165, 1.54) is 26.2 Å². The number of benzene rings is 1. The normalized spacial score (nSPS) is 12.0. The summed E-state index contributed by atoms with van der Waals surface area (Å²) in [4.78, 5) is 50.6. The molecule has 0 aromatic heterocycles. The maximum absolute atomic E-state index is 12.7. The second-order valence-electron chi connectivity index (χ2n) is 8.19. The van der Waals surface area contributed by atoms with Crippen LogP contribution in [0.1, 0.15) is 64.0 Å². The monoisotopic (exact) mass is 539 g/mol. The van der Waals surface area contributed by atoms with Crippen LogP contribution in [0.5, 0.6) is 11.5 Å². The molecule has 5 N–H and O–H groups in total. The van der Waals surface area contributed by atoms with E-state index in [4.69, 9.17) is 30.4 Å². The van der Waals surface area contributed by atoms with Crippen LogP contribution in [-0.2, 0) is 19.1 Å². The Labute approximate surface area is 221 Å². The van der Waals surface area contributed by atoms with Gasteiger partial charge in [-0.25, -0.2) is 9.59 Å². The van der Waals surface area contributed by atoms with E-state index in [1.54, 1.807) is 0 Å². The van der Waals surface area contributed by atoms with Crippen molar-refractivity contribution in [3.8, 4) is 11.5 Å². The van der Waals surface area contributed by atoms with Crippen molar-refractivity contribution in [1.29, 1.82) is 0 Å². The van der Waals surface area contributed by atoms with Crippen molar-refractivity contribution in [1.82, 2.24) is 5.32 Å². The van der Waals surface area contributed by atoms with Gasteiger partial charge in [0, 0.05) is 13.0 Å². The Bertz CT molecular complexity index is 967. The van der Waals surface area contributed by atoms with Crippen molar-refractivity contribution >= 4 is 30.0 Å². The van der Waals surface area contributed by atoms with Crippen molar-refractivity contribution in [3.05, 3.63) is 27.8 Å². The topological polar surface area (TPSA) is 208 Å². The van der Waals surface area contributed by atoms with Gasteiger partial charge in [-0.3, -0.25) is 15.1 Å². The molecular weight excluding hydrogens is 502 g/mol. The first-order valence-electron chi connectivity index (χ1n) is 12.3. The molecule has 0 saturated carbocycles. The Kier molecular flexibility index (Phi) is 14.6. The predicted molar refractivity (Wildman–Crippen MR) is 138 cm³/mol. The molecule has 38 heavy (non-hydrogen) atoms. The van der Waals surface area contributed by atoms with Crippen molar-refractivity contribution in [2.45, 2.75) is 64.5 Å². The number of esters is 1. The summed E-state index contributed by atoms with van der Waals surface area (Å²) < 4.78 is 21.4. The highest BCUT2D eigenvalue weighted by Gasteiger charge is 2.28. The number of hydrogen-bond acceptors (Lipinski definition) is 10. The highest BCUT2D eigenvalue weighted by molar-refractivity contribution is 5.81. The van der Waals surface area contributed by atoms with Gasteiger partial charge < -0.3 is 40.5 Å². The molecule has 0 spiro atoms. The molecule has 0 heterocycles. The van der Waals surface area contributed by atoms with E-state index in [9.17, 15) is 24.5 Å². The molecule has 0 bridgehead atoms. The Morgan fingerprint density at radius 1 is 1.18 bits per heavy atom. The highest BCUT2D eigenvalue weighted by atomic mass is 16.6. The van der Waals surface area contributed by atoms with Crippen LogP contribution >= 0.6 is 0 Å². The van der Waals surface area contributed by atoms with Gasteiger partial charge in [-0.2, -0.15) is 0 Å².